The van der Waals surface area contributed by atoms with Gasteiger partial charge in [0.25, 0.3) is 11.8 Å². The van der Waals surface area contributed by atoms with Crippen LogP contribution in [0.4, 0.5) is 4.79 Å². The molecule has 2 saturated heterocycles. The fourth-order valence-corrected chi connectivity index (χ4v) is 5.34. The van der Waals surface area contributed by atoms with Crippen LogP contribution in [0.25, 0.3) is 0 Å². The molecule has 0 aromatic heterocycles. The molecule has 3 fully saturated rings. The molecule has 3 heterocycles. The molecule has 1 saturated carbocycles. The Hall–Kier alpha value is -2.61. The predicted molar refractivity (Wildman–Crippen MR) is 104 cm³/mol. The summed E-state index contributed by atoms with van der Waals surface area (Å²) in [5.74, 6) is -0.407. The lowest BCUT2D eigenvalue weighted by molar-refractivity contribution is -0.127. The van der Waals surface area contributed by atoms with Crippen LogP contribution in [-0.2, 0) is 11.3 Å². The fraction of sp³-hybridized carbons (Fsp3) is 0.571. The molecular formula is C21H26N4O4. The van der Waals surface area contributed by atoms with Crippen molar-refractivity contribution < 1.29 is 19.5 Å². The van der Waals surface area contributed by atoms with E-state index in [2.05, 4.69) is 15.5 Å². The third kappa shape index (κ3) is 2.97. The van der Waals surface area contributed by atoms with Gasteiger partial charge in [-0.15, -0.1) is 0 Å². The van der Waals surface area contributed by atoms with Gasteiger partial charge in [0.2, 0.25) is 0 Å². The van der Waals surface area contributed by atoms with Crippen LogP contribution < -0.4 is 10.6 Å². The van der Waals surface area contributed by atoms with Crippen molar-refractivity contribution in [3.8, 4) is 5.75 Å². The summed E-state index contributed by atoms with van der Waals surface area (Å²) in [5, 5.41) is 15.0. The van der Waals surface area contributed by atoms with E-state index >= 15 is 0 Å². The lowest BCUT2D eigenvalue weighted by atomic mass is 9.76. The lowest BCUT2D eigenvalue weighted by Crippen LogP contribution is -2.62. The van der Waals surface area contributed by atoms with E-state index in [9.17, 15) is 19.5 Å². The second-order valence-electron chi connectivity index (χ2n) is 8.78. The number of amides is 4. The van der Waals surface area contributed by atoms with Crippen molar-refractivity contribution in [3.63, 3.8) is 0 Å². The number of fused-ring (bicyclic) bond motifs is 1. The molecule has 4 aliphatic rings. The monoisotopic (exact) mass is 398 g/mol. The molecule has 154 valence electrons. The van der Waals surface area contributed by atoms with Gasteiger partial charge in [0.15, 0.2) is 0 Å². The standard InChI is InChI=1S/C21H26N4O4/c26-16-4-5-17-13(10-16)11-25(18(17)27)12-21(19(28)22-20(29)23-21)14-6-8-24(9-7-14)15-2-1-3-15/h4-5,10,14-15,26H,1-3,6-9,11-12H2,(H2,22,23,28,29). The first-order chi connectivity index (χ1) is 14.0. The summed E-state index contributed by atoms with van der Waals surface area (Å²) in [7, 11) is 0. The van der Waals surface area contributed by atoms with Crippen LogP contribution in [0.2, 0.25) is 0 Å². The van der Waals surface area contributed by atoms with E-state index < -0.39 is 11.6 Å². The number of benzene rings is 1. The predicted octanol–water partition coefficient (Wildman–Crippen LogP) is 1.19. The van der Waals surface area contributed by atoms with Crippen molar-refractivity contribution in [2.75, 3.05) is 19.6 Å². The Morgan fingerprint density at radius 2 is 1.86 bits per heavy atom. The van der Waals surface area contributed by atoms with E-state index in [-0.39, 0.29) is 30.0 Å². The van der Waals surface area contributed by atoms with E-state index in [0.29, 0.717) is 18.2 Å². The summed E-state index contributed by atoms with van der Waals surface area (Å²) < 4.78 is 0. The summed E-state index contributed by atoms with van der Waals surface area (Å²) in [6, 6.07) is 4.88. The molecule has 29 heavy (non-hydrogen) atoms. The van der Waals surface area contributed by atoms with Crippen LogP contribution in [0.1, 0.15) is 48.0 Å². The number of phenolic OH excluding ortho intramolecular Hbond substituents is 1. The van der Waals surface area contributed by atoms with Crippen LogP contribution in [0.15, 0.2) is 18.2 Å². The molecule has 1 aliphatic carbocycles. The van der Waals surface area contributed by atoms with Crippen LogP contribution in [0.5, 0.6) is 5.75 Å². The van der Waals surface area contributed by atoms with Gasteiger partial charge in [-0.2, -0.15) is 0 Å². The number of rotatable bonds is 4. The highest BCUT2D eigenvalue weighted by atomic mass is 16.3. The normalized spacial score (nSPS) is 28.3. The number of imide groups is 1. The molecule has 4 amide bonds. The van der Waals surface area contributed by atoms with E-state index in [1.807, 2.05) is 0 Å². The Kier molecular flexibility index (Phi) is 4.27. The number of hydrogen-bond acceptors (Lipinski definition) is 5. The van der Waals surface area contributed by atoms with Crippen LogP contribution in [0, 0.1) is 5.92 Å². The fourth-order valence-electron chi connectivity index (χ4n) is 5.34. The molecule has 5 rings (SSSR count). The second kappa shape index (κ2) is 6.73. The minimum absolute atomic E-state index is 0.0183. The van der Waals surface area contributed by atoms with Gasteiger partial charge >= 0.3 is 6.03 Å². The maximum absolute atomic E-state index is 12.9. The molecule has 0 bridgehead atoms. The lowest BCUT2D eigenvalue weighted by Gasteiger charge is -2.46. The van der Waals surface area contributed by atoms with Crippen molar-refractivity contribution in [2.45, 2.75) is 50.2 Å². The van der Waals surface area contributed by atoms with E-state index in [1.165, 1.54) is 25.3 Å². The van der Waals surface area contributed by atoms with Gasteiger partial charge in [-0.3, -0.25) is 14.9 Å². The molecule has 8 nitrogen and oxygen atoms in total. The van der Waals surface area contributed by atoms with E-state index in [4.69, 9.17) is 0 Å². The zero-order chi connectivity index (χ0) is 20.2. The van der Waals surface area contributed by atoms with Gasteiger partial charge in [0.1, 0.15) is 11.3 Å². The number of piperidine rings is 1. The Bertz CT molecular complexity index is 875. The van der Waals surface area contributed by atoms with Gasteiger partial charge in [0, 0.05) is 18.2 Å². The Labute approximate surface area is 169 Å². The number of phenols is 1. The Balaban J connectivity index is 1.36. The zero-order valence-electron chi connectivity index (χ0n) is 16.3. The first-order valence-electron chi connectivity index (χ1n) is 10.4. The zero-order valence-corrected chi connectivity index (χ0v) is 16.3. The molecule has 1 unspecified atom stereocenters. The highest BCUT2D eigenvalue weighted by molar-refractivity contribution is 6.08. The SMILES string of the molecule is O=C1NC(=O)C(CN2Cc3cc(O)ccc3C2=O)(C2CCN(C3CCC3)CC2)N1. The third-order valence-electron chi connectivity index (χ3n) is 7.19. The number of nitrogens with zero attached hydrogens (tertiary/aromatic N) is 2. The van der Waals surface area contributed by atoms with Gasteiger partial charge in [-0.05, 0) is 68.5 Å². The topological polar surface area (TPSA) is 102 Å². The van der Waals surface area contributed by atoms with Crippen LogP contribution in [0.3, 0.4) is 0 Å². The van der Waals surface area contributed by atoms with Gasteiger partial charge in [0.05, 0.1) is 6.54 Å². The van der Waals surface area contributed by atoms with Gasteiger partial charge in [-0.1, -0.05) is 6.42 Å². The highest BCUT2D eigenvalue weighted by Crippen LogP contribution is 2.37. The maximum Gasteiger partial charge on any atom is 0.322 e. The maximum atomic E-state index is 12.9. The van der Waals surface area contributed by atoms with Gasteiger partial charge in [-0.25, -0.2) is 4.79 Å². The minimum Gasteiger partial charge on any atom is -0.508 e. The molecule has 3 N–H and O–H groups in total. The smallest absolute Gasteiger partial charge is 0.322 e. The van der Waals surface area contributed by atoms with Crippen molar-refractivity contribution in [1.82, 2.24) is 20.4 Å². The van der Waals surface area contributed by atoms with Crippen molar-refractivity contribution >= 4 is 17.8 Å². The molecule has 0 radical (unpaired) electrons. The quantitative estimate of drug-likeness (QED) is 0.662. The summed E-state index contributed by atoms with van der Waals surface area (Å²) >= 11 is 0. The van der Waals surface area contributed by atoms with Gasteiger partial charge < -0.3 is 20.2 Å². The van der Waals surface area contributed by atoms with Crippen molar-refractivity contribution in [2.24, 2.45) is 5.92 Å². The number of carbonyl (C=O) groups is 3. The van der Waals surface area contributed by atoms with Crippen molar-refractivity contribution in [3.05, 3.63) is 29.3 Å². The molecule has 8 heteroatoms. The summed E-state index contributed by atoms with van der Waals surface area (Å²) in [6.45, 7) is 2.31. The number of nitrogens with one attached hydrogen (secondary N) is 2. The Morgan fingerprint density at radius 3 is 2.48 bits per heavy atom. The first-order valence-corrected chi connectivity index (χ1v) is 10.4. The highest BCUT2D eigenvalue weighted by Gasteiger charge is 2.54. The molecule has 1 aromatic carbocycles. The number of likely N-dealkylation sites (tertiary alicyclic amines) is 1. The number of urea groups is 1. The largest absolute Gasteiger partial charge is 0.508 e. The summed E-state index contributed by atoms with van der Waals surface area (Å²) in [4.78, 5) is 42.0. The first kappa shape index (κ1) is 18.4. The molecule has 1 atom stereocenters. The minimum atomic E-state index is -1.09. The average molecular weight is 398 g/mol. The van der Waals surface area contributed by atoms with Crippen LogP contribution in [-0.4, -0.2) is 64.0 Å². The molecule has 0 spiro atoms. The number of aromatic hydroxyl groups is 1. The third-order valence-corrected chi connectivity index (χ3v) is 7.19. The molecule has 1 aromatic rings. The Morgan fingerprint density at radius 1 is 1.10 bits per heavy atom. The number of hydrogen-bond donors (Lipinski definition) is 3. The van der Waals surface area contributed by atoms with E-state index in [1.54, 1.807) is 17.0 Å². The van der Waals surface area contributed by atoms with E-state index in [0.717, 1.165) is 31.5 Å². The average Bonchev–Trinajstić information content (AvgIpc) is 3.10. The molecule has 3 aliphatic heterocycles. The van der Waals surface area contributed by atoms with Crippen LogP contribution >= 0.6 is 0 Å². The number of carbonyl (C=O) groups excluding carboxylic acids is 3. The summed E-state index contributed by atoms with van der Waals surface area (Å²) in [5.41, 5.74) is 0.194. The van der Waals surface area contributed by atoms with Crippen molar-refractivity contribution in [1.29, 1.82) is 0 Å². The molecular weight excluding hydrogens is 372 g/mol. The second-order valence-corrected chi connectivity index (χ2v) is 8.78. The summed E-state index contributed by atoms with van der Waals surface area (Å²) in [6.07, 6.45) is 5.43.